The zero-order valence-corrected chi connectivity index (χ0v) is 11.9. The minimum Gasteiger partial charge on any atom is -0.463 e. The van der Waals surface area contributed by atoms with Crippen molar-refractivity contribution in [2.24, 2.45) is 0 Å². The Morgan fingerprint density at radius 1 is 1.25 bits per heavy atom. The number of rotatable bonds is 8. The lowest BCUT2D eigenvalue weighted by molar-refractivity contribution is -0.145. The van der Waals surface area contributed by atoms with Gasteiger partial charge in [0.15, 0.2) is 0 Å². The van der Waals surface area contributed by atoms with Crippen LogP contribution < -0.4 is 0 Å². The predicted octanol–water partition coefficient (Wildman–Crippen LogP) is 0.0298. The fourth-order valence-corrected chi connectivity index (χ4v) is 1.21. The molecule has 0 spiro atoms. The number of nitrogens with zero attached hydrogens (tertiary/aromatic N) is 1. The Labute approximate surface area is 110 Å². The van der Waals surface area contributed by atoms with Crippen molar-refractivity contribution in [2.45, 2.75) is 17.3 Å². The van der Waals surface area contributed by atoms with Gasteiger partial charge in [-0.15, -0.1) is 0 Å². The van der Waals surface area contributed by atoms with E-state index in [1.165, 1.54) is 0 Å². The smallest absolute Gasteiger partial charge is 0.321 e. The summed E-state index contributed by atoms with van der Waals surface area (Å²) in [5.74, 6) is -0.249. The van der Waals surface area contributed by atoms with Crippen LogP contribution in [0.3, 0.4) is 0 Å². The first-order valence-electron chi connectivity index (χ1n) is 5.22. The molecule has 0 heterocycles. The molecule has 0 aromatic carbocycles. The summed E-state index contributed by atoms with van der Waals surface area (Å²) in [4.78, 5) is 13.3. The van der Waals surface area contributed by atoms with Gasteiger partial charge in [-0.2, -0.15) is 0 Å². The van der Waals surface area contributed by atoms with Gasteiger partial charge in [0.05, 0.1) is 13.2 Å². The minimum atomic E-state index is -0.517. The summed E-state index contributed by atoms with van der Waals surface area (Å²) < 4.78 is 4.56. The van der Waals surface area contributed by atoms with Crippen molar-refractivity contribution >= 4 is 28.6 Å². The standard InChI is InChI=1S/C10H20INO4/c1-10(2,11)9(15)16-8-5-12(3-6-13)4-7-14/h13-14H,3-8H2,1-2H3. The van der Waals surface area contributed by atoms with E-state index in [-0.39, 0.29) is 25.8 Å². The zero-order chi connectivity index (χ0) is 12.6. The van der Waals surface area contributed by atoms with Gasteiger partial charge in [-0.3, -0.25) is 9.69 Å². The quantitative estimate of drug-likeness (QED) is 0.369. The van der Waals surface area contributed by atoms with Gasteiger partial charge in [-0.05, 0) is 13.8 Å². The Hall–Kier alpha value is 0.0800. The van der Waals surface area contributed by atoms with E-state index in [1.807, 2.05) is 27.5 Å². The molecule has 0 amide bonds. The molecule has 0 saturated heterocycles. The number of halogens is 1. The van der Waals surface area contributed by atoms with E-state index in [1.54, 1.807) is 13.8 Å². The Kier molecular flexibility index (Phi) is 8.25. The highest BCUT2D eigenvalue weighted by Crippen LogP contribution is 2.18. The van der Waals surface area contributed by atoms with Crippen molar-refractivity contribution < 1.29 is 19.7 Å². The van der Waals surface area contributed by atoms with Crippen LogP contribution in [0.1, 0.15) is 13.8 Å². The van der Waals surface area contributed by atoms with Crippen LogP contribution in [0.15, 0.2) is 0 Å². The molecule has 2 N–H and O–H groups in total. The topological polar surface area (TPSA) is 70.0 Å². The number of alkyl halides is 1. The van der Waals surface area contributed by atoms with Crippen LogP contribution in [0.4, 0.5) is 0 Å². The molecule has 0 aliphatic carbocycles. The molecule has 96 valence electrons. The fraction of sp³-hybridized carbons (Fsp3) is 0.900. The van der Waals surface area contributed by atoms with Crippen LogP contribution in [0, 0.1) is 0 Å². The average Bonchev–Trinajstić information content (AvgIpc) is 2.16. The van der Waals surface area contributed by atoms with E-state index < -0.39 is 3.42 Å². The highest BCUT2D eigenvalue weighted by atomic mass is 127. The van der Waals surface area contributed by atoms with Gasteiger partial charge in [0.1, 0.15) is 10.0 Å². The van der Waals surface area contributed by atoms with Crippen LogP contribution in [0.5, 0.6) is 0 Å². The van der Waals surface area contributed by atoms with E-state index in [0.29, 0.717) is 19.6 Å². The second-order valence-corrected chi connectivity index (χ2v) is 6.59. The predicted molar refractivity (Wildman–Crippen MR) is 69.7 cm³/mol. The molecule has 0 rings (SSSR count). The highest BCUT2D eigenvalue weighted by Gasteiger charge is 2.25. The van der Waals surface area contributed by atoms with Crippen LogP contribution in [-0.4, -0.2) is 64.0 Å². The number of carbonyl (C=O) groups is 1. The maximum atomic E-state index is 11.4. The van der Waals surface area contributed by atoms with Crippen molar-refractivity contribution in [3.63, 3.8) is 0 Å². The van der Waals surface area contributed by atoms with Crippen molar-refractivity contribution in [2.75, 3.05) is 39.5 Å². The van der Waals surface area contributed by atoms with E-state index >= 15 is 0 Å². The van der Waals surface area contributed by atoms with Crippen LogP contribution in [0.25, 0.3) is 0 Å². The number of ether oxygens (including phenoxy) is 1. The Morgan fingerprint density at radius 3 is 2.12 bits per heavy atom. The zero-order valence-electron chi connectivity index (χ0n) is 9.78. The summed E-state index contributed by atoms with van der Waals surface area (Å²) in [5, 5.41) is 17.5. The number of carbonyl (C=O) groups excluding carboxylic acids is 1. The van der Waals surface area contributed by atoms with Gasteiger partial charge in [-0.1, -0.05) is 22.6 Å². The summed E-state index contributed by atoms with van der Waals surface area (Å²) in [6, 6.07) is 0. The molecule has 0 saturated carbocycles. The third-order valence-corrected chi connectivity index (χ3v) is 2.40. The molecule has 0 aliphatic heterocycles. The molecule has 0 radical (unpaired) electrons. The number of aliphatic hydroxyl groups is 2. The average molecular weight is 345 g/mol. The van der Waals surface area contributed by atoms with Crippen molar-refractivity contribution in [3.05, 3.63) is 0 Å². The number of hydrogen-bond acceptors (Lipinski definition) is 5. The number of hydrogen-bond donors (Lipinski definition) is 2. The van der Waals surface area contributed by atoms with Crippen LogP contribution in [-0.2, 0) is 9.53 Å². The maximum Gasteiger partial charge on any atom is 0.321 e. The van der Waals surface area contributed by atoms with Gasteiger partial charge in [-0.25, -0.2) is 0 Å². The Morgan fingerprint density at radius 2 is 1.75 bits per heavy atom. The van der Waals surface area contributed by atoms with Gasteiger partial charge in [0.2, 0.25) is 0 Å². The largest absolute Gasteiger partial charge is 0.463 e. The van der Waals surface area contributed by atoms with Crippen LogP contribution in [0.2, 0.25) is 0 Å². The van der Waals surface area contributed by atoms with Gasteiger partial charge >= 0.3 is 5.97 Å². The fourth-order valence-electron chi connectivity index (χ4n) is 1.06. The number of esters is 1. The van der Waals surface area contributed by atoms with Crippen LogP contribution >= 0.6 is 22.6 Å². The maximum absolute atomic E-state index is 11.4. The molecule has 0 aliphatic rings. The van der Waals surface area contributed by atoms with E-state index in [0.717, 1.165) is 0 Å². The Bertz CT molecular complexity index is 199. The summed E-state index contributed by atoms with van der Waals surface area (Å²) in [5.41, 5.74) is 0. The molecule has 16 heavy (non-hydrogen) atoms. The second kappa shape index (κ2) is 8.21. The van der Waals surface area contributed by atoms with E-state index in [4.69, 9.17) is 14.9 Å². The first kappa shape index (κ1) is 16.1. The lowest BCUT2D eigenvalue weighted by Crippen LogP contribution is -2.35. The molecule has 5 nitrogen and oxygen atoms in total. The molecule has 0 unspecified atom stereocenters. The van der Waals surface area contributed by atoms with Gasteiger partial charge in [0, 0.05) is 19.6 Å². The van der Waals surface area contributed by atoms with E-state index in [9.17, 15) is 4.79 Å². The summed E-state index contributed by atoms with van der Waals surface area (Å²) in [7, 11) is 0. The Balaban J connectivity index is 3.81. The third kappa shape index (κ3) is 7.37. The van der Waals surface area contributed by atoms with Crippen molar-refractivity contribution in [1.82, 2.24) is 4.90 Å². The van der Waals surface area contributed by atoms with Gasteiger partial charge < -0.3 is 14.9 Å². The SMILES string of the molecule is CC(C)(I)C(=O)OCCN(CCO)CCO. The lowest BCUT2D eigenvalue weighted by atomic mass is 10.2. The van der Waals surface area contributed by atoms with Crippen molar-refractivity contribution in [1.29, 1.82) is 0 Å². The first-order chi connectivity index (χ1) is 7.41. The molecular formula is C10H20INO4. The molecule has 0 bridgehead atoms. The normalized spacial score (nSPS) is 11.9. The monoisotopic (exact) mass is 345 g/mol. The summed E-state index contributed by atoms with van der Waals surface area (Å²) in [6.07, 6.45) is 0. The first-order valence-corrected chi connectivity index (χ1v) is 6.30. The number of aliphatic hydroxyl groups excluding tert-OH is 2. The van der Waals surface area contributed by atoms with E-state index in [2.05, 4.69) is 0 Å². The molecule has 0 aromatic rings. The third-order valence-electron chi connectivity index (χ3n) is 1.96. The van der Waals surface area contributed by atoms with Gasteiger partial charge in [0.25, 0.3) is 0 Å². The highest BCUT2D eigenvalue weighted by molar-refractivity contribution is 14.1. The second-order valence-electron chi connectivity index (χ2n) is 3.90. The summed E-state index contributed by atoms with van der Waals surface area (Å²) in [6.45, 7) is 5.41. The summed E-state index contributed by atoms with van der Waals surface area (Å²) >= 11 is 2.02. The lowest BCUT2D eigenvalue weighted by Gasteiger charge is -2.21. The molecule has 6 heteroatoms. The molecule has 0 atom stereocenters. The minimum absolute atomic E-state index is 0.0335. The molecular weight excluding hydrogens is 325 g/mol. The molecule has 0 aromatic heterocycles. The molecule has 0 fully saturated rings. The van der Waals surface area contributed by atoms with Crippen molar-refractivity contribution in [3.8, 4) is 0 Å².